The quantitative estimate of drug-likeness (QED) is 0.901. The minimum atomic E-state index is -0.221. The summed E-state index contributed by atoms with van der Waals surface area (Å²) in [6, 6.07) is 9.59. The van der Waals surface area contributed by atoms with Gasteiger partial charge >= 0.3 is 0 Å². The summed E-state index contributed by atoms with van der Waals surface area (Å²) in [6.45, 7) is 3.30. The van der Waals surface area contributed by atoms with E-state index in [-0.39, 0.29) is 17.8 Å². The lowest BCUT2D eigenvalue weighted by molar-refractivity contribution is -0.119. The number of carbonyl (C=O) groups is 1. The first-order valence-corrected chi connectivity index (χ1v) is 8.27. The molecule has 1 amide bonds. The van der Waals surface area contributed by atoms with Crippen LogP contribution in [0.3, 0.4) is 0 Å². The second-order valence-corrected chi connectivity index (χ2v) is 6.45. The van der Waals surface area contributed by atoms with Gasteiger partial charge < -0.3 is 10.6 Å². The van der Waals surface area contributed by atoms with Crippen molar-refractivity contribution in [3.8, 4) is 11.3 Å². The van der Waals surface area contributed by atoms with Gasteiger partial charge in [-0.25, -0.2) is 4.39 Å². The zero-order valence-corrected chi connectivity index (χ0v) is 14.0. The minimum absolute atomic E-state index is 0.0215. The van der Waals surface area contributed by atoms with Crippen molar-refractivity contribution in [3.05, 3.63) is 47.9 Å². The Morgan fingerprint density at radius 3 is 2.75 bits per heavy atom. The topological polar surface area (TPSA) is 54.0 Å². The molecule has 2 aromatic rings. The van der Waals surface area contributed by atoms with Crippen molar-refractivity contribution in [3.63, 3.8) is 0 Å². The van der Waals surface area contributed by atoms with Crippen LogP contribution in [0.2, 0.25) is 0 Å². The van der Waals surface area contributed by atoms with Gasteiger partial charge in [0.2, 0.25) is 5.91 Å². The van der Waals surface area contributed by atoms with Gasteiger partial charge in [-0.3, -0.25) is 9.78 Å². The molecule has 0 bridgehead atoms. The number of hydrogen-bond donors (Lipinski definition) is 2. The Morgan fingerprint density at radius 2 is 2.00 bits per heavy atom. The summed E-state index contributed by atoms with van der Waals surface area (Å²) < 4.78 is 13.8. The summed E-state index contributed by atoms with van der Waals surface area (Å²) in [4.78, 5) is 15.5. The third-order valence-electron chi connectivity index (χ3n) is 4.44. The molecule has 1 aliphatic carbocycles. The number of hydrogen-bond acceptors (Lipinski definition) is 3. The van der Waals surface area contributed by atoms with Gasteiger partial charge in [0, 0.05) is 36.5 Å². The van der Waals surface area contributed by atoms with E-state index < -0.39 is 0 Å². The molecule has 24 heavy (non-hydrogen) atoms. The molecule has 126 valence electrons. The van der Waals surface area contributed by atoms with E-state index in [0.717, 1.165) is 36.2 Å². The van der Waals surface area contributed by atoms with Crippen LogP contribution in [0.25, 0.3) is 11.3 Å². The van der Waals surface area contributed by atoms with Crippen LogP contribution in [-0.4, -0.2) is 23.0 Å². The standard InChI is InChI=1S/C19H22FN3O/c1-12-3-4-14(9-18(12)20)19-11-17(7-8-21-19)23-16-6-5-15(10-16)22-13(2)24/h3-4,7-9,11,15-16H,5-6,10H2,1-2H3,(H,21,23)(H,22,24)/t15-,16+/m1/s1. The average Bonchev–Trinajstić information content (AvgIpc) is 2.96. The Hall–Kier alpha value is -2.43. The summed E-state index contributed by atoms with van der Waals surface area (Å²) in [6.07, 6.45) is 4.65. The number of amides is 1. The van der Waals surface area contributed by atoms with Gasteiger partial charge in [-0.2, -0.15) is 0 Å². The van der Waals surface area contributed by atoms with E-state index in [0.29, 0.717) is 11.6 Å². The molecule has 1 fully saturated rings. The molecule has 0 aliphatic heterocycles. The van der Waals surface area contributed by atoms with Gasteiger partial charge in [-0.15, -0.1) is 0 Å². The first-order valence-electron chi connectivity index (χ1n) is 8.27. The van der Waals surface area contributed by atoms with Gasteiger partial charge in [-0.1, -0.05) is 12.1 Å². The number of halogens is 1. The number of aromatic nitrogens is 1. The third-order valence-corrected chi connectivity index (χ3v) is 4.44. The fourth-order valence-electron chi connectivity index (χ4n) is 3.20. The van der Waals surface area contributed by atoms with Gasteiger partial charge in [0.1, 0.15) is 5.82 Å². The molecule has 1 heterocycles. The maximum atomic E-state index is 13.8. The van der Waals surface area contributed by atoms with E-state index in [4.69, 9.17) is 0 Å². The average molecular weight is 327 g/mol. The van der Waals surface area contributed by atoms with Crippen LogP contribution < -0.4 is 10.6 Å². The predicted octanol–water partition coefficient (Wildman–Crippen LogP) is 3.67. The number of carbonyl (C=O) groups excluding carboxylic acids is 1. The first-order chi connectivity index (χ1) is 11.5. The summed E-state index contributed by atoms with van der Waals surface area (Å²) in [5.41, 5.74) is 3.11. The molecule has 2 atom stereocenters. The van der Waals surface area contributed by atoms with Gasteiger partial charge in [0.05, 0.1) is 5.69 Å². The zero-order chi connectivity index (χ0) is 17.1. The summed E-state index contributed by atoms with van der Waals surface area (Å²) >= 11 is 0. The van der Waals surface area contributed by atoms with Crippen molar-refractivity contribution in [2.45, 2.75) is 45.2 Å². The Balaban J connectivity index is 1.70. The lowest BCUT2D eigenvalue weighted by Gasteiger charge is -2.15. The highest BCUT2D eigenvalue weighted by atomic mass is 19.1. The van der Waals surface area contributed by atoms with E-state index in [2.05, 4.69) is 15.6 Å². The highest BCUT2D eigenvalue weighted by molar-refractivity contribution is 5.73. The van der Waals surface area contributed by atoms with Crippen molar-refractivity contribution >= 4 is 11.6 Å². The second-order valence-electron chi connectivity index (χ2n) is 6.45. The molecule has 1 aliphatic rings. The largest absolute Gasteiger partial charge is 0.382 e. The summed E-state index contributed by atoms with van der Waals surface area (Å²) in [5, 5.41) is 6.47. The molecular weight excluding hydrogens is 305 g/mol. The normalized spacial score (nSPS) is 20.0. The summed E-state index contributed by atoms with van der Waals surface area (Å²) in [5.74, 6) is -0.199. The highest BCUT2D eigenvalue weighted by Gasteiger charge is 2.25. The van der Waals surface area contributed by atoms with E-state index in [1.165, 1.54) is 6.07 Å². The lowest BCUT2D eigenvalue weighted by Crippen LogP contribution is -2.31. The maximum absolute atomic E-state index is 13.8. The maximum Gasteiger partial charge on any atom is 0.217 e. The number of aryl methyl sites for hydroxylation is 1. The Labute approximate surface area is 141 Å². The van der Waals surface area contributed by atoms with Crippen molar-refractivity contribution in [1.29, 1.82) is 0 Å². The Morgan fingerprint density at radius 1 is 1.21 bits per heavy atom. The minimum Gasteiger partial charge on any atom is -0.382 e. The van der Waals surface area contributed by atoms with E-state index in [9.17, 15) is 9.18 Å². The number of pyridine rings is 1. The molecule has 0 saturated heterocycles. The number of anilines is 1. The SMILES string of the molecule is CC(=O)N[C@@H]1CC[C@H](Nc2ccnc(-c3ccc(C)c(F)c3)c2)C1. The van der Waals surface area contributed by atoms with Gasteiger partial charge in [0.25, 0.3) is 0 Å². The molecule has 2 N–H and O–H groups in total. The molecule has 0 radical (unpaired) electrons. The predicted molar refractivity (Wildman–Crippen MR) is 93.2 cm³/mol. The first kappa shape index (κ1) is 16.4. The monoisotopic (exact) mass is 327 g/mol. The molecule has 4 nitrogen and oxygen atoms in total. The Kier molecular flexibility index (Phi) is 4.79. The number of benzene rings is 1. The van der Waals surface area contributed by atoms with Crippen molar-refractivity contribution in [1.82, 2.24) is 10.3 Å². The van der Waals surface area contributed by atoms with E-state index in [1.807, 2.05) is 18.2 Å². The van der Waals surface area contributed by atoms with Crippen LogP contribution in [0.15, 0.2) is 36.5 Å². The molecule has 3 rings (SSSR count). The van der Waals surface area contributed by atoms with E-state index >= 15 is 0 Å². The van der Waals surface area contributed by atoms with Gasteiger partial charge in [-0.05, 0) is 49.9 Å². The number of nitrogens with zero attached hydrogens (tertiary/aromatic N) is 1. The number of rotatable bonds is 4. The van der Waals surface area contributed by atoms with Gasteiger partial charge in [0.15, 0.2) is 0 Å². The smallest absolute Gasteiger partial charge is 0.217 e. The molecule has 1 saturated carbocycles. The van der Waals surface area contributed by atoms with Crippen molar-refractivity contribution in [2.75, 3.05) is 5.32 Å². The van der Waals surface area contributed by atoms with Crippen molar-refractivity contribution in [2.24, 2.45) is 0 Å². The zero-order valence-electron chi connectivity index (χ0n) is 14.0. The second kappa shape index (κ2) is 6.99. The molecule has 1 aromatic carbocycles. The van der Waals surface area contributed by atoms with Crippen LogP contribution in [0.1, 0.15) is 31.7 Å². The molecule has 0 unspecified atom stereocenters. The van der Waals surface area contributed by atoms with Crippen LogP contribution in [0.4, 0.5) is 10.1 Å². The summed E-state index contributed by atoms with van der Waals surface area (Å²) in [7, 11) is 0. The molecule has 1 aromatic heterocycles. The van der Waals surface area contributed by atoms with Crippen LogP contribution in [0.5, 0.6) is 0 Å². The number of nitrogens with one attached hydrogen (secondary N) is 2. The van der Waals surface area contributed by atoms with Crippen LogP contribution in [0, 0.1) is 12.7 Å². The molecule has 0 spiro atoms. The van der Waals surface area contributed by atoms with Crippen molar-refractivity contribution < 1.29 is 9.18 Å². The fourth-order valence-corrected chi connectivity index (χ4v) is 3.20. The van der Waals surface area contributed by atoms with E-state index in [1.54, 1.807) is 26.1 Å². The molecular formula is C19H22FN3O. The Bertz CT molecular complexity index is 747. The molecule has 5 heteroatoms. The fraction of sp³-hybridized carbons (Fsp3) is 0.368. The highest BCUT2D eigenvalue weighted by Crippen LogP contribution is 2.26. The lowest BCUT2D eigenvalue weighted by atomic mass is 10.1. The van der Waals surface area contributed by atoms with Crippen LogP contribution in [-0.2, 0) is 4.79 Å². The van der Waals surface area contributed by atoms with Crippen LogP contribution >= 0.6 is 0 Å². The third kappa shape index (κ3) is 3.91.